The summed E-state index contributed by atoms with van der Waals surface area (Å²) in [5.74, 6) is 0.270. The van der Waals surface area contributed by atoms with Crippen molar-refractivity contribution >= 4 is 11.7 Å². The van der Waals surface area contributed by atoms with Gasteiger partial charge in [0.1, 0.15) is 17.3 Å². The summed E-state index contributed by atoms with van der Waals surface area (Å²) >= 11 is 0. The third-order valence-corrected chi connectivity index (χ3v) is 3.81. The molecule has 8 heteroatoms. The molecule has 1 aromatic carbocycles. The average molecular weight is 343 g/mol. The molecule has 130 valence electrons. The summed E-state index contributed by atoms with van der Waals surface area (Å²) in [6, 6.07) is 5.60. The van der Waals surface area contributed by atoms with E-state index in [9.17, 15) is 9.18 Å². The van der Waals surface area contributed by atoms with Gasteiger partial charge in [0.25, 0.3) is 0 Å². The number of hydrogen-bond donors (Lipinski definition) is 2. The number of rotatable bonds is 4. The second kappa shape index (κ2) is 6.76. The highest BCUT2D eigenvalue weighted by atomic mass is 19.1. The number of amides is 2. The SMILES string of the molecule is Cc1noc(C)c1[C@@H](C)NC(=O)Nc1cnn(-c2ccccc2F)c1. The maximum absolute atomic E-state index is 13.8. The molecule has 2 N–H and O–H groups in total. The number of anilines is 1. The van der Waals surface area contributed by atoms with Gasteiger partial charge < -0.3 is 15.2 Å². The Kier molecular flexibility index (Phi) is 4.51. The predicted molar refractivity (Wildman–Crippen MR) is 90.1 cm³/mol. The van der Waals surface area contributed by atoms with Crippen LogP contribution in [0.1, 0.15) is 30.0 Å². The normalized spacial score (nSPS) is 12.0. The molecule has 0 fully saturated rings. The molecule has 0 aliphatic carbocycles. The van der Waals surface area contributed by atoms with Crippen LogP contribution in [0.5, 0.6) is 0 Å². The third kappa shape index (κ3) is 3.52. The van der Waals surface area contributed by atoms with Crippen molar-refractivity contribution in [3.05, 3.63) is 59.5 Å². The van der Waals surface area contributed by atoms with Crippen LogP contribution in [0.3, 0.4) is 0 Å². The molecule has 2 aromatic heterocycles. The molecule has 3 aromatic rings. The molecule has 0 saturated heterocycles. The van der Waals surface area contributed by atoms with Gasteiger partial charge in [-0.3, -0.25) is 0 Å². The molecule has 1 atom stereocenters. The van der Waals surface area contributed by atoms with E-state index in [4.69, 9.17) is 4.52 Å². The van der Waals surface area contributed by atoms with Crippen molar-refractivity contribution < 1.29 is 13.7 Å². The zero-order chi connectivity index (χ0) is 18.0. The summed E-state index contributed by atoms with van der Waals surface area (Å²) < 4.78 is 20.2. The zero-order valence-corrected chi connectivity index (χ0v) is 14.1. The summed E-state index contributed by atoms with van der Waals surface area (Å²) in [5.41, 5.74) is 2.33. The first-order valence-electron chi connectivity index (χ1n) is 7.75. The third-order valence-electron chi connectivity index (χ3n) is 3.81. The van der Waals surface area contributed by atoms with Gasteiger partial charge in [-0.15, -0.1) is 0 Å². The lowest BCUT2D eigenvalue weighted by atomic mass is 10.1. The number of hydrogen-bond acceptors (Lipinski definition) is 4. The van der Waals surface area contributed by atoms with E-state index in [1.807, 2.05) is 13.8 Å². The molecule has 0 spiro atoms. The van der Waals surface area contributed by atoms with Crippen molar-refractivity contribution in [2.75, 3.05) is 5.32 Å². The number of carbonyl (C=O) groups is 1. The van der Waals surface area contributed by atoms with Crippen LogP contribution >= 0.6 is 0 Å². The van der Waals surface area contributed by atoms with Crippen molar-refractivity contribution in [2.45, 2.75) is 26.8 Å². The Morgan fingerprint density at radius 3 is 2.76 bits per heavy atom. The lowest BCUT2D eigenvalue weighted by Gasteiger charge is -2.13. The molecule has 0 radical (unpaired) electrons. The van der Waals surface area contributed by atoms with E-state index >= 15 is 0 Å². The van der Waals surface area contributed by atoms with Gasteiger partial charge in [0, 0.05) is 5.56 Å². The largest absolute Gasteiger partial charge is 0.361 e. The first-order valence-corrected chi connectivity index (χ1v) is 7.75. The summed E-state index contributed by atoms with van der Waals surface area (Å²) in [6.07, 6.45) is 2.99. The maximum atomic E-state index is 13.8. The first-order chi connectivity index (χ1) is 12.0. The van der Waals surface area contributed by atoms with Gasteiger partial charge in [-0.05, 0) is 32.9 Å². The number of benzene rings is 1. The quantitative estimate of drug-likeness (QED) is 0.759. The lowest BCUT2D eigenvalue weighted by Crippen LogP contribution is -2.31. The van der Waals surface area contributed by atoms with Gasteiger partial charge in [0.2, 0.25) is 0 Å². The number of nitrogens with zero attached hydrogens (tertiary/aromatic N) is 3. The Morgan fingerprint density at radius 2 is 2.08 bits per heavy atom. The van der Waals surface area contributed by atoms with Crippen molar-refractivity contribution in [2.24, 2.45) is 0 Å². The highest BCUT2D eigenvalue weighted by Gasteiger charge is 2.18. The molecular formula is C17H18FN5O2. The lowest BCUT2D eigenvalue weighted by molar-refractivity contribution is 0.249. The molecule has 7 nitrogen and oxygen atoms in total. The van der Waals surface area contributed by atoms with E-state index in [0.29, 0.717) is 17.1 Å². The van der Waals surface area contributed by atoms with Gasteiger partial charge in [0.05, 0.1) is 29.8 Å². The molecule has 2 amide bonds. The zero-order valence-electron chi connectivity index (χ0n) is 14.1. The summed E-state index contributed by atoms with van der Waals surface area (Å²) in [4.78, 5) is 12.2. The molecule has 0 unspecified atom stereocenters. The van der Waals surface area contributed by atoms with Crippen molar-refractivity contribution in [1.82, 2.24) is 20.3 Å². The molecule has 2 heterocycles. The summed E-state index contributed by atoms with van der Waals surface area (Å²) in [5, 5.41) is 13.4. The summed E-state index contributed by atoms with van der Waals surface area (Å²) in [6.45, 7) is 5.46. The standard InChI is InChI=1S/C17H18FN5O2/c1-10(16-11(2)22-25-12(16)3)20-17(24)21-13-8-19-23(9-13)15-7-5-4-6-14(15)18/h4-10H,1-3H3,(H2,20,21,24)/t10-/m1/s1. The van der Waals surface area contributed by atoms with Crippen LogP contribution in [-0.4, -0.2) is 21.0 Å². The van der Waals surface area contributed by atoms with E-state index < -0.39 is 11.8 Å². The van der Waals surface area contributed by atoms with Crippen LogP contribution in [0.4, 0.5) is 14.9 Å². The van der Waals surface area contributed by atoms with E-state index in [2.05, 4.69) is 20.9 Å². The molecule has 0 aliphatic heterocycles. The van der Waals surface area contributed by atoms with Crippen LogP contribution in [0.25, 0.3) is 5.69 Å². The van der Waals surface area contributed by atoms with E-state index in [-0.39, 0.29) is 6.04 Å². The minimum atomic E-state index is -0.402. The van der Waals surface area contributed by atoms with Crippen LogP contribution in [0.2, 0.25) is 0 Å². The Morgan fingerprint density at radius 1 is 1.32 bits per heavy atom. The number of nitrogens with one attached hydrogen (secondary N) is 2. The van der Waals surface area contributed by atoms with Gasteiger partial charge in [-0.25, -0.2) is 13.9 Å². The number of para-hydroxylation sites is 1. The van der Waals surface area contributed by atoms with E-state index in [1.165, 1.54) is 16.9 Å². The fourth-order valence-electron chi connectivity index (χ4n) is 2.70. The molecule has 3 rings (SSSR count). The topological polar surface area (TPSA) is 85.0 Å². The Hall–Kier alpha value is -3.16. The Balaban J connectivity index is 1.67. The summed E-state index contributed by atoms with van der Waals surface area (Å²) in [7, 11) is 0. The van der Waals surface area contributed by atoms with E-state index in [0.717, 1.165) is 11.3 Å². The van der Waals surface area contributed by atoms with Gasteiger partial charge >= 0.3 is 6.03 Å². The van der Waals surface area contributed by atoms with Crippen molar-refractivity contribution in [1.29, 1.82) is 0 Å². The highest BCUT2D eigenvalue weighted by Crippen LogP contribution is 2.21. The van der Waals surface area contributed by atoms with Crippen LogP contribution in [-0.2, 0) is 0 Å². The van der Waals surface area contributed by atoms with Crippen molar-refractivity contribution in [3.63, 3.8) is 0 Å². The molecule has 0 aliphatic rings. The molecule has 25 heavy (non-hydrogen) atoms. The minimum absolute atomic E-state index is 0.270. The second-order valence-corrected chi connectivity index (χ2v) is 5.68. The number of aryl methyl sites for hydroxylation is 2. The second-order valence-electron chi connectivity index (χ2n) is 5.68. The van der Waals surface area contributed by atoms with Crippen LogP contribution in [0, 0.1) is 19.7 Å². The Labute approximate surface area is 143 Å². The number of urea groups is 1. The molecule has 0 saturated carbocycles. The molecule has 0 bridgehead atoms. The number of carbonyl (C=O) groups excluding carboxylic acids is 1. The fraction of sp³-hybridized carbons (Fsp3) is 0.235. The van der Waals surface area contributed by atoms with Gasteiger partial charge in [0.15, 0.2) is 0 Å². The van der Waals surface area contributed by atoms with Gasteiger partial charge in [-0.2, -0.15) is 5.10 Å². The fourth-order valence-corrected chi connectivity index (χ4v) is 2.70. The maximum Gasteiger partial charge on any atom is 0.319 e. The smallest absolute Gasteiger partial charge is 0.319 e. The minimum Gasteiger partial charge on any atom is -0.361 e. The van der Waals surface area contributed by atoms with Gasteiger partial charge in [-0.1, -0.05) is 17.3 Å². The van der Waals surface area contributed by atoms with Crippen LogP contribution < -0.4 is 10.6 Å². The predicted octanol–water partition coefficient (Wildman–Crippen LogP) is 3.50. The van der Waals surface area contributed by atoms with Crippen LogP contribution in [0.15, 0.2) is 41.2 Å². The van der Waals surface area contributed by atoms with E-state index in [1.54, 1.807) is 31.3 Å². The van der Waals surface area contributed by atoms with Crippen molar-refractivity contribution in [3.8, 4) is 5.69 Å². The monoisotopic (exact) mass is 343 g/mol. The molecular weight excluding hydrogens is 325 g/mol. The Bertz CT molecular complexity index is 883. The highest BCUT2D eigenvalue weighted by molar-refractivity contribution is 5.89. The average Bonchev–Trinajstić information content (AvgIpc) is 3.14. The number of aromatic nitrogens is 3. The number of halogens is 1. The first kappa shape index (κ1) is 16.7.